The number of benzene rings is 2. The largest absolute Gasteiger partial charge is 0.454 e. The van der Waals surface area contributed by atoms with Gasteiger partial charge in [0.05, 0.1) is 11.3 Å². The lowest BCUT2D eigenvalue weighted by molar-refractivity contribution is 0.473. The topological polar surface area (TPSA) is 59.0 Å². The third-order valence-corrected chi connectivity index (χ3v) is 3.25. The molecule has 0 bridgehead atoms. The van der Waals surface area contributed by atoms with Crippen molar-refractivity contribution in [3.63, 3.8) is 0 Å². The van der Waals surface area contributed by atoms with Gasteiger partial charge in [0.15, 0.2) is 5.75 Å². The fourth-order valence-corrected chi connectivity index (χ4v) is 2.08. The standard InChI is InChI=1S/C14H12N2OS/c1-18-13-8-3-2-6-11(13)17-12-7-4-5-10(9-15)14(12)16/h2-8H,16H2,1H3. The minimum Gasteiger partial charge on any atom is -0.454 e. The monoisotopic (exact) mass is 256 g/mol. The Balaban J connectivity index is 2.38. The highest BCUT2D eigenvalue weighted by molar-refractivity contribution is 7.98. The number of nitrogen functional groups attached to an aromatic ring is 1. The highest BCUT2D eigenvalue weighted by Gasteiger charge is 2.08. The van der Waals surface area contributed by atoms with Crippen LogP contribution in [0.4, 0.5) is 5.69 Å². The Kier molecular flexibility index (Phi) is 3.75. The van der Waals surface area contributed by atoms with Crippen LogP contribution in [-0.2, 0) is 0 Å². The van der Waals surface area contributed by atoms with Gasteiger partial charge in [-0.25, -0.2) is 0 Å². The number of nitriles is 1. The first kappa shape index (κ1) is 12.3. The zero-order chi connectivity index (χ0) is 13.0. The van der Waals surface area contributed by atoms with Gasteiger partial charge in [0, 0.05) is 4.90 Å². The quantitative estimate of drug-likeness (QED) is 0.672. The molecule has 0 aliphatic rings. The average Bonchev–Trinajstić information content (AvgIpc) is 2.42. The van der Waals surface area contributed by atoms with Crippen LogP contribution in [0.3, 0.4) is 0 Å². The van der Waals surface area contributed by atoms with Crippen LogP contribution in [0.15, 0.2) is 47.4 Å². The molecule has 18 heavy (non-hydrogen) atoms. The molecule has 0 aromatic heterocycles. The molecule has 0 saturated carbocycles. The van der Waals surface area contributed by atoms with E-state index in [1.165, 1.54) is 0 Å². The zero-order valence-corrected chi connectivity index (χ0v) is 10.7. The van der Waals surface area contributed by atoms with E-state index in [-0.39, 0.29) is 0 Å². The molecule has 2 rings (SSSR count). The lowest BCUT2D eigenvalue weighted by atomic mass is 10.2. The molecule has 0 aliphatic heterocycles. The molecular formula is C14H12N2OS. The Bertz CT molecular complexity index is 605. The van der Waals surface area contributed by atoms with E-state index in [1.54, 1.807) is 30.0 Å². The molecule has 90 valence electrons. The summed E-state index contributed by atoms with van der Waals surface area (Å²) in [5.74, 6) is 1.25. The van der Waals surface area contributed by atoms with Crippen LogP contribution >= 0.6 is 11.8 Å². The molecule has 0 aliphatic carbocycles. The van der Waals surface area contributed by atoms with Crippen molar-refractivity contribution in [3.8, 4) is 17.6 Å². The van der Waals surface area contributed by atoms with E-state index in [0.717, 1.165) is 10.6 Å². The average molecular weight is 256 g/mol. The molecular weight excluding hydrogens is 244 g/mol. The summed E-state index contributed by atoms with van der Waals surface area (Å²) in [5.41, 5.74) is 6.68. The number of ether oxygens (including phenoxy) is 1. The summed E-state index contributed by atoms with van der Waals surface area (Å²) < 4.78 is 5.78. The number of thioether (sulfide) groups is 1. The Morgan fingerprint density at radius 3 is 2.56 bits per heavy atom. The molecule has 0 saturated heterocycles. The molecule has 3 nitrogen and oxygen atoms in total. The first-order valence-electron chi connectivity index (χ1n) is 5.35. The van der Waals surface area contributed by atoms with Crippen LogP contribution in [-0.4, -0.2) is 6.26 Å². The van der Waals surface area contributed by atoms with Gasteiger partial charge in [0.1, 0.15) is 11.8 Å². The molecule has 2 N–H and O–H groups in total. The van der Waals surface area contributed by atoms with Gasteiger partial charge in [-0.2, -0.15) is 5.26 Å². The molecule has 0 atom stereocenters. The fourth-order valence-electron chi connectivity index (χ4n) is 1.55. The molecule has 0 unspecified atom stereocenters. The van der Waals surface area contributed by atoms with E-state index in [1.807, 2.05) is 36.6 Å². The van der Waals surface area contributed by atoms with Crippen LogP contribution in [0.5, 0.6) is 11.5 Å². The second-order valence-electron chi connectivity index (χ2n) is 3.58. The van der Waals surface area contributed by atoms with E-state index >= 15 is 0 Å². The number of hydrogen-bond donors (Lipinski definition) is 1. The summed E-state index contributed by atoms with van der Waals surface area (Å²) in [4.78, 5) is 1.03. The van der Waals surface area contributed by atoms with Gasteiger partial charge in [0.25, 0.3) is 0 Å². The number of nitrogens with zero attached hydrogens (tertiary/aromatic N) is 1. The lowest BCUT2D eigenvalue weighted by Gasteiger charge is -2.11. The number of para-hydroxylation sites is 2. The number of hydrogen-bond acceptors (Lipinski definition) is 4. The van der Waals surface area contributed by atoms with Gasteiger partial charge in [0.2, 0.25) is 0 Å². The Morgan fingerprint density at radius 1 is 1.11 bits per heavy atom. The summed E-state index contributed by atoms with van der Waals surface area (Å²) in [5, 5.41) is 8.92. The van der Waals surface area contributed by atoms with Crippen molar-refractivity contribution in [1.82, 2.24) is 0 Å². The summed E-state index contributed by atoms with van der Waals surface area (Å²) in [6.07, 6.45) is 1.98. The van der Waals surface area contributed by atoms with E-state index < -0.39 is 0 Å². The maximum Gasteiger partial charge on any atom is 0.151 e. The van der Waals surface area contributed by atoms with Crippen molar-refractivity contribution < 1.29 is 4.74 Å². The van der Waals surface area contributed by atoms with Crippen molar-refractivity contribution in [2.45, 2.75) is 4.90 Å². The van der Waals surface area contributed by atoms with Crippen LogP contribution < -0.4 is 10.5 Å². The predicted molar refractivity (Wildman–Crippen MR) is 73.9 cm³/mol. The van der Waals surface area contributed by atoms with Gasteiger partial charge in [-0.3, -0.25) is 0 Å². The first-order chi connectivity index (χ1) is 8.76. The van der Waals surface area contributed by atoms with Crippen LogP contribution in [0.1, 0.15) is 5.56 Å². The number of nitrogens with two attached hydrogens (primary N) is 1. The van der Waals surface area contributed by atoms with E-state index in [2.05, 4.69) is 0 Å². The SMILES string of the molecule is CSc1ccccc1Oc1cccc(C#N)c1N. The molecule has 0 radical (unpaired) electrons. The van der Waals surface area contributed by atoms with Crippen molar-refractivity contribution in [3.05, 3.63) is 48.0 Å². The minimum absolute atomic E-state index is 0.371. The van der Waals surface area contributed by atoms with Crippen LogP contribution in [0.2, 0.25) is 0 Å². The fraction of sp³-hybridized carbons (Fsp3) is 0.0714. The maximum atomic E-state index is 8.92. The third-order valence-electron chi connectivity index (χ3n) is 2.48. The summed E-state index contributed by atoms with van der Waals surface area (Å²) in [7, 11) is 0. The van der Waals surface area contributed by atoms with Gasteiger partial charge in [-0.1, -0.05) is 18.2 Å². The van der Waals surface area contributed by atoms with E-state index in [9.17, 15) is 0 Å². The maximum absolute atomic E-state index is 8.92. The normalized spacial score (nSPS) is 9.78. The van der Waals surface area contributed by atoms with Crippen molar-refractivity contribution in [2.24, 2.45) is 0 Å². The summed E-state index contributed by atoms with van der Waals surface area (Å²) >= 11 is 1.60. The third kappa shape index (κ3) is 2.41. The smallest absolute Gasteiger partial charge is 0.151 e. The second kappa shape index (κ2) is 5.48. The van der Waals surface area contributed by atoms with Gasteiger partial charge in [-0.15, -0.1) is 11.8 Å². The Labute approximate surface area is 110 Å². The van der Waals surface area contributed by atoms with Crippen molar-refractivity contribution >= 4 is 17.4 Å². The lowest BCUT2D eigenvalue weighted by Crippen LogP contribution is -1.95. The van der Waals surface area contributed by atoms with Crippen LogP contribution in [0.25, 0.3) is 0 Å². The first-order valence-corrected chi connectivity index (χ1v) is 6.58. The molecule has 2 aromatic rings. The van der Waals surface area contributed by atoms with Crippen molar-refractivity contribution in [1.29, 1.82) is 5.26 Å². The highest BCUT2D eigenvalue weighted by Crippen LogP contribution is 2.34. The van der Waals surface area contributed by atoms with Crippen molar-refractivity contribution in [2.75, 3.05) is 12.0 Å². The molecule has 0 spiro atoms. The summed E-state index contributed by atoms with van der Waals surface area (Å²) in [6, 6.07) is 14.9. The molecule has 4 heteroatoms. The Hall–Kier alpha value is -2.12. The van der Waals surface area contributed by atoms with E-state index in [0.29, 0.717) is 17.0 Å². The Morgan fingerprint density at radius 2 is 1.83 bits per heavy atom. The molecule has 0 amide bonds. The molecule has 0 heterocycles. The molecule has 2 aromatic carbocycles. The minimum atomic E-state index is 0.371. The van der Waals surface area contributed by atoms with Crippen LogP contribution in [0, 0.1) is 11.3 Å². The van der Waals surface area contributed by atoms with E-state index in [4.69, 9.17) is 15.7 Å². The zero-order valence-electron chi connectivity index (χ0n) is 9.88. The second-order valence-corrected chi connectivity index (χ2v) is 4.43. The van der Waals surface area contributed by atoms with Gasteiger partial charge < -0.3 is 10.5 Å². The van der Waals surface area contributed by atoms with Gasteiger partial charge >= 0.3 is 0 Å². The molecule has 0 fully saturated rings. The van der Waals surface area contributed by atoms with Gasteiger partial charge in [-0.05, 0) is 30.5 Å². The number of rotatable bonds is 3. The predicted octanol–water partition coefficient (Wildman–Crippen LogP) is 3.65. The highest BCUT2D eigenvalue weighted by atomic mass is 32.2. The number of anilines is 1. The summed E-state index contributed by atoms with van der Waals surface area (Å²) in [6.45, 7) is 0.